The van der Waals surface area contributed by atoms with Gasteiger partial charge in [0.15, 0.2) is 17.5 Å². The lowest BCUT2D eigenvalue weighted by molar-refractivity contribution is 0.0614. The summed E-state index contributed by atoms with van der Waals surface area (Å²) in [6.07, 6.45) is 0. The number of hydrogen-bond donors (Lipinski definition) is 1. The minimum Gasteiger partial charge on any atom is -0.374 e. The zero-order chi connectivity index (χ0) is 17.7. The third-order valence-electron chi connectivity index (χ3n) is 3.31. The summed E-state index contributed by atoms with van der Waals surface area (Å²) in [6.45, 7) is 3.90. The average molecular weight is 337 g/mol. The third-order valence-corrected chi connectivity index (χ3v) is 3.31. The van der Waals surface area contributed by atoms with Gasteiger partial charge in [-0.05, 0) is 31.5 Å². The van der Waals surface area contributed by atoms with Crippen molar-refractivity contribution in [3.8, 4) is 0 Å². The molecule has 2 aromatic rings. The van der Waals surface area contributed by atoms with E-state index in [1.165, 1.54) is 0 Å². The number of nitrogens with one attached hydrogen (secondary N) is 1. The first-order valence-corrected chi connectivity index (χ1v) is 7.38. The van der Waals surface area contributed by atoms with Crippen LogP contribution in [0.25, 0.3) is 0 Å². The molecule has 0 atom stereocenters. The van der Waals surface area contributed by atoms with Crippen LogP contribution >= 0.6 is 0 Å². The lowest BCUT2D eigenvalue weighted by Gasteiger charge is -2.26. The molecule has 0 unspecified atom stereocenters. The van der Waals surface area contributed by atoms with Crippen LogP contribution in [0.5, 0.6) is 0 Å². The standard InChI is InChI=1S/C18H18F3NO2/c1-18(2,11-24-10-12-6-4-3-5-7-12)22-17(23)13-8-9-14(19)16(21)15(13)20/h3-9H,10-11H2,1-2H3,(H,22,23). The van der Waals surface area contributed by atoms with Crippen LogP contribution in [0.1, 0.15) is 29.8 Å². The summed E-state index contributed by atoms with van der Waals surface area (Å²) in [5.41, 5.74) is -0.389. The number of rotatable bonds is 6. The van der Waals surface area contributed by atoms with Crippen molar-refractivity contribution in [3.63, 3.8) is 0 Å². The maximum Gasteiger partial charge on any atom is 0.254 e. The van der Waals surface area contributed by atoms with E-state index in [4.69, 9.17) is 4.74 Å². The Morgan fingerprint density at radius 3 is 2.38 bits per heavy atom. The lowest BCUT2D eigenvalue weighted by atomic mass is 10.1. The molecule has 6 heteroatoms. The zero-order valence-electron chi connectivity index (χ0n) is 13.4. The van der Waals surface area contributed by atoms with Crippen molar-refractivity contribution in [2.24, 2.45) is 0 Å². The molecular weight excluding hydrogens is 319 g/mol. The molecule has 0 bridgehead atoms. The van der Waals surface area contributed by atoms with Crippen LogP contribution in [0.3, 0.4) is 0 Å². The Balaban J connectivity index is 1.96. The summed E-state index contributed by atoms with van der Waals surface area (Å²) >= 11 is 0. The minimum absolute atomic E-state index is 0.166. The van der Waals surface area contributed by atoms with Crippen LogP contribution in [-0.2, 0) is 11.3 Å². The van der Waals surface area contributed by atoms with Gasteiger partial charge >= 0.3 is 0 Å². The van der Waals surface area contributed by atoms with Crippen molar-refractivity contribution >= 4 is 5.91 Å². The van der Waals surface area contributed by atoms with Gasteiger partial charge in [0.25, 0.3) is 5.91 Å². The van der Waals surface area contributed by atoms with E-state index in [0.717, 1.165) is 11.6 Å². The molecule has 2 aromatic carbocycles. The SMILES string of the molecule is CC(C)(COCc1ccccc1)NC(=O)c1ccc(F)c(F)c1F. The summed E-state index contributed by atoms with van der Waals surface area (Å²) in [7, 11) is 0. The number of carbonyl (C=O) groups excluding carboxylic acids is 1. The average Bonchev–Trinajstić information content (AvgIpc) is 2.53. The third kappa shape index (κ3) is 4.58. The fourth-order valence-corrected chi connectivity index (χ4v) is 2.11. The van der Waals surface area contributed by atoms with E-state index in [1.807, 2.05) is 30.3 Å². The molecule has 0 spiro atoms. The number of benzene rings is 2. The summed E-state index contributed by atoms with van der Waals surface area (Å²) in [5.74, 6) is -5.34. The van der Waals surface area contributed by atoms with Crippen molar-refractivity contribution in [1.29, 1.82) is 0 Å². The molecule has 0 saturated carbocycles. The molecule has 0 aliphatic carbocycles. The van der Waals surface area contributed by atoms with Crippen LogP contribution in [0.15, 0.2) is 42.5 Å². The second-order valence-electron chi connectivity index (χ2n) is 6.04. The molecule has 3 nitrogen and oxygen atoms in total. The Morgan fingerprint density at radius 2 is 1.71 bits per heavy atom. The fourth-order valence-electron chi connectivity index (χ4n) is 2.11. The Bertz CT molecular complexity index is 718. The van der Waals surface area contributed by atoms with Gasteiger partial charge in [-0.25, -0.2) is 13.2 Å². The minimum atomic E-state index is -1.67. The Hall–Kier alpha value is -2.34. The predicted octanol–water partition coefficient (Wildman–Crippen LogP) is 3.83. The summed E-state index contributed by atoms with van der Waals surface area (Å²) in [4.78, 5) is 12.1. The number of hydrogen-bond acceptors (Lipinski definition) is 2. The van der Waals surface area contributed by atoms with E-state index in [2.05, 4.69) is 5.32 Å². The molecular formula is C18H18F3NO2. The number of amides is 1. The van der Waals surface area contributed by atoms with Gasteiger partial charge in [0.1, 0.15) is 0 Å². The normalized spacial score (nSPS) is 11.4. The fraction of sp³-hybridized carbons (Fsp3) is 0.278. The Labute approximate surface area is 138 Å². The maximum absolute atomic E-state index is 13.7. The molecule has 0 fully saturated rings. The maximum atomic E-state index is 13.7. The molecule has 128 valence electrons. The molecule has 1 amide bonds. The van der Waals surface area contributed by atoms with Crippen molar-refractivity contribution in [1.82, 2.24) is 5.32 Å². The summed E-state index contributed by atoms with van der Waals surface area (Å²) < 4.78 is 45.3. The van der Waals surface area contributed by atoms with E-state index in [9.17, 15) is 18.0 Å². The van der Waals surface area contributed by atoms with Crippen LogP contribution in [0.2, 0.25) is 0 Å². The molecule has 0 aliphatic heterocycles. The molecule has 0 radical (unpaired) electrons. The van der Waals surface area contributed by atoms with E-state index < -0.39 is 34.5 Å². The van der Waals surface area contributed by atoms with E-state index >= 15 is 0 Å². The molecule has 24 heavy (non-hydrogen) atoms. The molecule has 0 heterocycles. The van der Waals surface area contributed by atoms with Gasteiger partial charge in [0.05, 0.1) is 24.3 Å². The summed E-state index contributed by atoms with van der Waals surface area (Å²) in [5, 5.41) is 2.55. The zero-order valence-corrected chi connectivity index (χ0v) is 13.4. The highest BCUT2D eigenvalue weighted by Crippen LogP contribution is 2.16. The van der Waals surface area contributed by atoms with Crippen molar-refractivity contribution in [2.45, 2.75) is 26.0 Å². The summed E-state index contributed by atoms with van der Waals surface area (Å²) in [6, 6.07) is 11.1. The van der Waals surface area contributed by atoms with Gasteiger partial charge in [0, 0.05) is 0 Å². The molecule has 2 rings (SSSR count). The van der Waals surface area contributed by atoms with Crippen molar-refractivity contribution < 1.29 is 22.7 Å². The van der Waals surface area contributed by atoms with E-state index in [0.29, 0.717) is 12.7 Å². The van der Waals surface area contributed by atoms with Crippen LogP contribution < -0.4 is 5.32 Å². The molecule has 0 aromatic heterocycles. The van der Waals surface area contributed by atoms with Gasteiger partial charge in [-0.15, -0.1) is 0 Å². The van der Waals surface area contributed by atoms with E-state index in [1.54, 1.807) is 13.8 Å². The van der Waals surface area contributed by atoms with Crippen LogP contribution in [0, 0.1) is 17.5 Å². The van der Waals surface area contributed by atoms with Gasteiger partial charge in [-0.3, -0.25) is 4.79 Å². The Morgan fingerprint density at radius 1 is 1.04 bits per heavy atom. The Kier molecular flexibility index (Phi) is 5.62. The van der Waals surface area contributed by atoms with Crippen molar-refractivity contribution in [2.75, 3.05) is 6.61 Å². The highest BCUT2D eigenvalue weighted by atomic mass is 19.2. The smallest absolute Gasteiger partial charge is 0.254 e. The molecule has 0 saturated heterocycles. The predicted molar refractivity (Wildman–Crippen MR) is 84.0 cm³/mol. The molecule has 0 aliphatic rings. The first-order valence-electron chi connectivity index (χ1n) is 7.38. The second kappa shape index (κ2) is 7.49. The topological polar surface area (TPSA) is 38.3 Å². The van der Waals surface area contributed by atoms with Gasteiger partial charge in [-0.1, -0.05) is 30.3 Å². The van der Waals surface area contributed by atoms with Crippen molar-refractivity contribution in [3.05, 3.63) is 71.0 Å². The number of halogens is 3. The number of carbonyl (C=O) groups is 1. The quantitative estimate of drug-likeness (QED) is 0.814. The first-order chi connectivity index (χ1) is 11.3. The van der Waals surface area contributed by atoms with Crippen LogP contribution in [-0.4, -0.2) is 18.1 Å². The van der Waals surface area contributed by atoms with Crippen LogP contribution in [0.4, 0.5) is 13.2 Å². The first kappa shape index (κ1) is 18.0. The van der Waals surface area contributed by atoms with Gasteiger partial charge in [0.2, 0.25) is 0 Å². The largest absolute Gasteiger partial charge is 0.374 e. The van der Waals surface area contributed by atoms with Gasteiger partial charge in [-0.2, -0.15) is 0 Å². The highest BCUT2D eigenvalue weighted by Gasteiger charge is 2.25. The lowest BCUT2D eigenvalue weighted by Crippen LogP contribution is -2.47. The molecule has 1 N–H and O–H groups in total. The number of ether oxygens (including phenoxy) is 1. The highest BCUT2D eigenvalue weighted by molar-refractivity contribution is 5.94. The van der Waals surface area contributed by atoms with E-state index in [-0.39, 0.29) is 6.61 Å². The monoisotopic (exact) mass is 337 g/mol. The van der Waals surface area contributed by atoms with Gasteiger partial charge < -0.3 is 10.1 Å². The second-order valence-corrected chi connectivity index (χ2v) is 6.04.